The van der Waals surface area contributed by atoms with Gasteiger partial charge >= 0.3 is 0 Å². The Bertz CT molecular complexity index is 534. The Hall–Kier alpha value is -1.72. The summed E-state index contributed by atoms with van der Waals surface area (Å²) in [6.07, 6.45) is 0.844. The summed E-state index contributed by atoms with van der Waals surface area (Å²) in [7, 11) is 0. The summed E-state index contributed by atoms with van der Waals surface area (Å²) >= 11 is 0. The molecule has 0 bridgehead atoms. The van der Waals surface area contributed by atoms with Crippen molar-refractivity contribution in [1.29, 1.82) is 0 Å². The van der Waals surface area contributed by atoms with Crippen molar-refractivity contribution in [3.63, 3.8) is 0 Å². The molecule has 102 valence electrons. The highest BCUT2D eigenvalue weighted by Crippen LogP contribution is 2.23. The smallest absolute Gasteiger partial charge is 0.129 e. The summed E-state index contributed by atoms with van der Waals surface area (Å²) in [5, 5.41) is 0. The van der Waals surface area contributed by atoms with Crippen LogP contribution in [0.3, 0.4) is 0 Å². The SMILES string of the molecule is CCc1ccc(C(Cc2c(F)cccc2F)NN)o1. The van der Waals surface area contributed by atoms with Crippen LogP contribution in [0.2, 0.25) is 0 Å². The number of aryl methyl sites for hydroxylation is 1. The molecule has 3 N–H and O–H groups in total. The van der Waals surface area contributed by atoms with E-state index in [1.54, 1.807) is 6.07 Å². The maximum absolute atomic E-state index is 13.6. The standard InChI is InChI=1S/C14H16F2N2O/c1-2-9-6-7-14(19-9)13(18-17)8-10-11(15)4-3-5-12(10)16/h3-7,13,18H,2,8,17H2,1H3. The van der Waals surface area contributed by atoms with E-state index in [9.17, 15) is 8.78 Å². The van der Waals surface area contributed by atoms with Gasteiger partial charge in [-0.25, -0.2) is 14.2 Å². The molecular weight excluding hydrogens is 250 g/mol. The van der Waals surface area contributed by atoms with Gasteiger partial charge in [0, 0.05) is 18.4 Å². The average Bonchev–Trinajstić information content (AvgIpc) is 2.87. The minimum absolute atomic E-state index is 0.0000940. The molecule has 0 saturated carbocycles. The zero-order valence-electron chi connectivity index (χ0n) is 10.6. The second-order valence-electron chi connectivity index (χ2n) is 4.28. The largest absolute Gasteiger partial charge is 0.464 e. The van der Waals surface area contributed by atoms with Crippen molar-refractivity contribution < 1.29 is 13.2 Å². The first-order valence-electron chi connectivity index (χ1n) is 6.13. The number of nitrogens with two attached hydrogens (primary N) is 1. The van der Waals surface area contributed by atoms with Gasteiger partial charge in [-0.05, 0) is 24.3 Å². The van der Waals surface area contributed by atoms with Crippen LogP contribution in [0.5, 0.6) is 0 Å². The van der Waals surface area contributed by atoms with Crippen molar-refractivity contribution in [2.24, 2.45) is 5.84 Å². The summed E-state index contributed by atoms with van der Waals surface area (Å²) in [6.45, 7) is 1.96. The van der Waals surface area contributed by atoms with Crippen LogP contribution in [0, 0.1) is 11.6 Å². The number of nitrogens with one attached hydrogen (secondary N) is 1. The zero-order chi connectivity index (χ0) is 13.8. The highest BCUT2D eigenvalue weighted by atomic mass is 19.1. The van der Waals surface area contributed by atoms with Gasteiger partial charge in [0.25, 0.3) is 0 Å². The first-order valence-corrected chi connectivity index (χ1v) is 6.13. The van der Waals surface area contributed by atoms with Crippen molar-refractivity contribution in [2.45, 2.75) is 25.8 Å². The fourth-order valence-corrected chi connectivity index (χ4v) is 1.94. The lowest BCUT2D eigenvalue weighted by Gasteiger charge is -2.14. The van der Waals surface area contributed by atoms with Crippen LogP contribution >= 0.6 is 0 Å². The molecule has 1 heterocycles. The van der Waals surface area contributed by atoms with Gasteiger partial charge < -0.3 is 4.42 Å². The van der Waals surface area contributed by atoms with Crippen molar-refractivity contribution in [2.75, 3.05) is 0 Å². The monoisotopic (exact) mass is 266 g/mol. The van der Waals surface area contributed by atoms with Gasteiger partial charge in [-0.1, -0.05) is 13.0 Å². The van der Waals surface area contributed by atoms with Gasteiger partial charge in [-0.3, -0.25) is 5.84 Å². The van der Waals surface area contributed by atoms with Crippen LogP contribution in [0.25, 0.3) is 0 Å². The summed E-state index contributed by atoms with van der Waals surface area (Å²) in [4.78, 5) is 0. The van der Waals surface area contributed by atoms with Crippen molar-refractivity contribution in [1.82, 2.24) is 5.43 Å². The molecule has 1 aromatic carbocycles. The van der Waals surface area contributed by atoms with E-state index < -0.39 is 17.7 Å². The van der Waals surface area contributed by atoms with E-state index in [0.29, 0.717) is 5.76 Å². The van der Waals surface area contributed by atoms with Crippen LogP contribution in [0.4, 0.5) is 8.78 Å². The predicted molar refractivity (Wildman–Crippen MR) is 68.2 cm³/mol. The van der Waals surface area contributed by atoms with Gasteiger partial charge in [0.2, 0.25) is 0 Å². The van der Waals surface area contributed by atoms with Crippen LogP contribution in [0.1, 0.15) is 30.0 Å². The quantitative estimate of drug-likeness (QED) is 0.646. The van der Waals surface area contributed by atoms with Crippen LogP contribution in [0.15, 0.2) is 34.7 Å². The molecule has 2 rings (SSSR count). The topological polar surface area (TPSA) is 51.2 Å². The fourth-order valence-electron chi connectivity index (χ4n) is 1.94. The van der Waals surface area contributed by atoms with Crippen LogP contribution in [-0.4, -0.2) is 0 Å². The molecular formula is C14H16F2N2O. The van der Waals surface area contributed by atoms with Gasteiger partial charge in [0.15, 0.2) is 0 Å². The second-order valence-corrected chi connectivity index (χ2v) is 4.28. The van der Waals surface area contributed by atoms with Crippen molar-refractivity contribution in [3.8, 4) is 0 Å². The van der Waals surface area contributed by atoms with Gasteiger partial charge in [0.1, 0.15) is 23.2 Å². The Kier molecular flexibility index (Phi) is 4.29. The Balaban J connectivity index is 2.24. The number of hydrazine groups is 1. The fraction of sp³-hybridized carbons (Fsp3) is 0.286. The van der Waals surface area contributed by atoms with Crippen LogP contribution in [-0.2, 0) is 12.8 Å². The van der Waals surface area contributed by atoms with Gasteiger partial charge in [-0.15, -0.1) is 0 Å². The van der Waals surface area contributed by atoms with E-state index in [1.807, 2.05) is 13.0 Å². The lowest BCUT2D eigenvalue weighted by atomic mass is 10.0. The molecule has 2 aromatic rings. The molecule has 0 radical (unpaired) electrons. The second kappa shape index (κ2) is 5.95. The lowest BCUT2D eigenvalue weighted by Crippen LogP contribution is -2.29. The molecule has 1 aromatic heterocycles. The summed E-state index contributed by atoms with van der Waals surface area (Å²) < 4.78 is 32.7. The third kappa shape index (κ3) is 3.00. The number of rotatable bonds is 5. The number of benzene rings is 1. The van der Waals surface area contributed by atoms with Gasteiger partial charge in [0.05, 0.1) is 6.04 Å². The van der Waals surface area contributed by atoms with Crippen molar-refractivity contribution >= 4 is 0 Å². The van der Waals surface area contributed by atoms with E-state index >= 15 is 0 Å². The van der Waals surface area contributed by atoms with E-state index in [-0.39, 0.29) is 12.0 Å². The zero-order valence-corrected chi connectivity index (χ0v) is 10.6. The number of hydrogen-bond donors (Lipinski definition) is 2. The third-order valence-corrected chi connectivity index (χ3v) is 3.05. The van der Waals surface area contributed by atoms with E-state index in [0.717, 1.165) is 12.2 Å². The van der Waals surface area contributed by atoms with E-state index in [4.69, 9.17) is 10.3 Å². The van der Waals surface area contributed by atoms with E-state index in [1.165, 1.54) is 18.2 Å². The Morgan fingerprint density at radius 2 is 1.89 bits per heavy atom. The Labute approximate surface area is 110 Å². The third-order valence-electron chi connectivity index (χ3n) is 3.05. The van der Waals surface area contributed by atoms with E-state index in [2.05, 4.69) is 5.43 Å². The molecule has 0 aliphatic carbocycles. The highest BCUT2D eigenvalue weighted by molar-refractivity contribution is 5.23. The molecule has 0 amide bonds. The maximum Gasteiger partial charge on any atom is 0.129 e. The molecule has 0 spiro atoms. The normalized spacial score (nSPS) is 12.6. The minimum atomic E-state index is -0.581. The number of halogens is 2. The first kappa shape index (κ1) is 13.7. The summed E-state index contributed by atoms with van der Waals surface area (Å²) in [5.41, 5.74) is 2.53. The minimum Gasteiger partial charge on any atom is -0.464 e. The molecule has 1 atom stereocenters. The molecule has 19 heavy (non-hydrogen) atoms. The molecule has 0 saturated heterocycles. The number of hydrogen-bond acceptors (Lipinski definition) is 3. The van der Waals surface area contributed by atoms with Gasteiger partial charge in [-0.2, -0.15) is 0 Å². The summed E-state index contributed by atoms with van der Waals surface area (Å²) in [6, 6.07) is 6.92. The molecule has 0 aliphatic heterocycles. The lowest BCUT2D eigenvalue weighted by molar-refractivity contribution is 0.389. The number of furan rings is 1. The maximum atomic E-state index is 13.6. The predicted octanol–water partition coefficient (Wildman–Crippen LogP) is 2.87. The molecule has 0 aliphatic rings. The van der Waals surface area contributed by atoms with Crippen LogP contribution < -0.4 is 11.3 Å². The Morgan fingerprint density at radius 3 is 2.42 bits per heavy atom. The first-order chi connectivity index (χ1) is 9.15. The highest BCUT2D eigenvalue weighted by Gasteiger charge is 2.19. The average molecular weight is 266 g/mol. The molecule has 5 heteroatoms. The van der Waals surface area contributed by atoms with Crippen molar-refractivity contribution in [3.05, 3.63) is 59.1 Å². The molecule has 1 unspecified atom stereocenters. The molecule has 3 nitrogen and oxygen atoms in total. The molecule has 0 fully saturated rings. The summed E-state index contributed by atoms with van der Waals surface area (Å²) in [5.74, 6) is 5.67. The Morgan fingerprint density at radius 1 is 1.21 bits per heavy atom.